The summed E-state index contributed by atoms with van der Waals surface area (Å²) in [4.78, 5) is 24.4. The van der Waals surface area contributed by atoms with Gasteiger partial charge in [0.25, 0.3) is 0 Å². The van der Waals surface area contributed by atoms with E-state index in [-0.39, 0.29) is 24.3 Å². The van der Waals surface area contributed by atoms with E-state index < -0.39 is 0 Å². The molecule has 1 aromatic heterocycles. The predicted octanol–water partition coefficient (Wildman–Crippen LogP) is 2.52. The third-order valence-corrected chi connectivity index (χ3v) is 4.39. The maximum absolute atomic E-state index is 12.1. The Bertz CT molecular complexity index is 688. The van der Waals surface area contributed by atoms with Crippen LogP contribution in [0.15, 0.2) is 41.8 Å². The van der Waals surface area contributed by atoms with E-state index >= 15 is 0 Å². The van der Waals surface area contributed by atoms with Crippen molar-refractivity contribution in [2.45, 2.75) is 19.4 Å². The summed E-state index contributed by atoms with van der Waals surface area (Å²) in [5, 5.41) is 7.53. The molecule has 6 nitrogen and oxygen atoms in total. The molecule has 2 N–H and O–H groups in total. The van der Waals surface area contributed by atoms with E-state index in [1.807, 2.05) is 41.8 Å². The molecular formula is C18H22N2O4S. The Kier molecular flexibility index (Phi) is 7.28. The summed E-state index contributed by atoms with van der Waals surface area (Å²) in [6.45, 7) is 2.14. The second-order valence-corrected chi connectivity index (χ2v) is 6.30. The quantitative estimate of drug-likeness (QED) is 0.672. The van der Waals surface area contributed by atoms with Crippen LogP contribution in [0.4, 0.5) is 0 Å². The Morgan fingerprint density at radius 2 is 1.92 bits per heavy atom. The molecule has 0 bridgehead atoms. The second-order valence-electron chi connectivity index (χ2n) is 5.32. The van der Waals surface area contributed by atoms with Gasteiger partial charge >= 0.3 is 0 Å². The molecule has 0 aliphatic rings. The van der Waals surface area contributed by atoms with Gasteiger partial charge in [0.1, 0.15) is 6.61 Å². The third kappa shape index (κ3) is 6.11. The number of hydrogen-bond donors (Lipinski definition) is 2. The third-order valence-electron chi connectivity index (χ3n) is 3.40. The molecule has 0 aliphatic carbocycles. The van der Waals surface area contributed by atoms with Gasteiger partial charge in [-0.1, -0.05) is 18.2 Å². The fourth-order valence-electron chi connectivity index (χ4n) is 2.30. The first-order valence-corrected chi connectivity index (χ1v) is 8.81. The molecule has 1 aromatic carbocycles. The van der Waals surface area contributed by atoms with Gasteiger partial charge in [0.05, 0.1) is 26.1 Å². The van der Waals surface area contributed by atoms with Crippen LogP contribution in [0.3, 0.4) is 0 Å². The van der Waals surface area contributed by atoms with Crippen LogP contribution in [0.5, 0.6) is 11.5 Å². The topological polar surface area (TPSA) is 76.7 Å². The molecule has 134 valence electrons. The van der Waals surface area contributed by atoms with E-state index in [1.165, 1.54) is 18.3 Å². The standard InChI is InChI=1S/C18H22N2O4S/c1-13(21)20-14(17-8-5-11-25-17)12-18(22)19-9-10-24-16-7-4-3-6-15(16)23-2/h3-8,11,14H,9-10,12H2,1-2H3,(H,19,22)(H,20,21). The Balaban J connectivity index is 1.78. The summed E-state index contributed by atoms with van der Waals surface area (Å²) in [5.41, 5.74) is 0. The van der Waals surface area contributed by atoms with Crippen molar-refractivity contribution >= 4 is 23.2 Å². The number of thiophene rings is 1. The van der Waals surface area contributed by atoms with Gasteiger partial charge in [0.2, 0.25) is 11.8 Å². The average molecular weight is 362 g/mol. The van der Waals surface area contributed by atoms with Gasteiger partial charge in [-0.05, 0) is 23.6 Å². The fourth-order valence-corrected chi connectivity index (χ4v) is 3.08. The van der Waals surface area contributed by atoms with Crippen LogP contribution in [0, 0.1) is 0 Å². The number of carbonyl (C=O) groups is 2. The Morgan fingerprint density at radius 1 is 1.16 bits per heavy atom. The molecule has 1 heterocycles. The number of amides is 2. The molecule has 0 spiro atoms. The zero-order chi connectivity index (χ0) is 18.1. The summed E-state index contributed by atoms with van der Waals surface area (Å²) in [6.07, 6.45) is 0.189. The molecule has 25 heavy (non-hydrogen) atoms. The number of hydrogen-bond acceptors (Lipinski definition) is 5. The van der Waals surface area contributed by atoms with Gasteiger partial charge in [-0.3, -0.25) is 9.59 Å². The summed E-state index contributed by atoms with van der Waals surface area (Å²) >= 11 is 1.51. The van der Waals surface area contributed by atoms with Crippen molar-refractivity contribution in [3.8, 4) is 11.5 Å². The van der Waals surface area contributed by atoms with Crippen molar-refractivity contribution in [3.05, 3.63) is 46.7 Å². The lowest BCUT2D eigenvalue weighted by Crippen LogP contribution is -2.34. The molecule has 0 radical (unpaired) electrons. The highest BCUT2D eigenvalue weighted by Crippen LogP contribution is 2.25. The van der Waals surface area contributed by atoms with Gasteiger partial charge in [-0.15, -0.1) is 11.3 Å². The Morgan fingerprint density at radius 3 is 2.56 bits per heavy atom. The van der Waals surface area contributed by atoms with Crippen molar-refractivity contribution in [2.75, 3.05) is 20.3 Å². The van der Waals surface area contributed by atoms with Crippen LogP contribution in [-0.2, 0) is 9.59 Å². The maximum Gasteiger partial charge on any atom is 0.222 e. The van der Waals surface area contributed by atoms with Gasteiger partial charge in [-0.25, -0.2) is 0 Å². The van der Waals surface area contributed by atoms with Crippen molar-refractivity contribution < 1.29 is 19.1 Å². The lowest BCUT2D eigenvalue weighted by molar-refractivity contribution is -0.122. The normalized spacial score (nSPS) is 11.4. The van der Waals surface area contributed by atoms with E-state index in [2.05, 4.69) is 10.6 Å². The highest BCUT2D eigenvalue weighted by atomic mass is 32.1. The number of nitrogens with one attached hydrogen (secondary N) is 2. The van der Waals surface area contributed by atoms with Gasteiger partial charge in [0, 0.05) is 11.8 Å². The van der Waals surface area contributed by atoms with E-state index in [4.69, 9.17) is 9.47 Å². The number of para-hydroxylation sites is 2. The summed E-state index contributed by atoms with van der Waals surface area (Å²) in [6, 6.07) is 10.8. The van der Waals surface area contributed by atoms with Crippen LogP contribution in [-0.4, -0.2) is 32.1 Å². The predicted molar refractivity (Wildman–Crippen MR) is 97.0 cm³/mol. The highest BCUT2D eigenvalue weighted by Gasteiger charge is 2.17. The molecule has 2 rings (SSSR count). The van der Waals surface area contributed by atoms with Crippen LogP contribution in [0.25, 0.3) is 0 Å². The summed E-state index contributed by atoms with van der Waals surface area (Å²) in [5.74, 6) is 0.979. The number of benzene rings is 1. The first-order chi connectivity index (χ1) is 12.1. The SMILES string of the molecule is COc1ccccc1OCCNC(=O)CC(NC(C)=O)c1cccs1. The highest BCUT2D eigenvalue weighted by molar-refractivity contribution is 7.10. The van der Waals surface area contributed by atoms with Crippen LogP contribution >= 0.6 is 11.3 Å². The van der Waals surface area contributed by atoms with Crippen molar-refractivity contribution in [2.24, 2.45) is 0 Å². The first-order valence-electron chi connectivity index (χ1n) is 7.93. The average Bonchev–Trinajstić information content (AvgIpc) is 3.12. The number of methoxy groups -OCH3 is 1. The molecule has 0 fully saturated rings. The number of ether oxygens (including phenoxy) is 2. The molecule has 0 saturated carbocycles. The Hall–Kier alpha value is -2.54. The number of carbonyl (C=O) groups excluding carboxylic acids is 2. The summed E-state index contributed by atoms with van der Waals surface area (Å²) in [7, 11) is 1.58. The molecule has 2 amide bonds. The van der Waals surface area contributed by atoms with Crippen LogP contribution in [0.2, 0.25) is 0 Å². The monoisotopic (exact) mass is 362 g/mol. The molecule has 1 unspecified atom stereocenters. The zero-order valence-electron chi connectivity index (χ0n) is 14.3. The van der Waals surface area contributed by atoms with E-state index in [0.717, 1.165) is 4.88 Å². The van der Waals surface area contributed by atoms with E-state index in [0.29, 0.717) is 24.7 Å². The van der Waals surface area contributed by atoms with Gasteiger partial charge < -0.3 is 20.1 Å². The minimum atomic E-state index is -0.312. The molecule has 7 heteroatoms. The van der Waals surface area contributed by atoms with E-state index in [9.17, 15) is 9.59 Å². The molecular weight excluding hydrogens is 340 g/mol. The maximum atomic E-state index is 12.1. The molecule has 1 atom stereocenters. The number of rotatable bonds is 9. The summed E-state index contributed by atoms with van der Waals surface area (Å²) < 4.78 is 10.8. The van der Waals surface area contributed by atoms with Crippen molar-refractivity contribution in [1.82, 2.24) is 10.6 Å². The lowest BCUT2D eigenvalue weighted by atomic mass is 10.1. The smallest absolute Gasteiger partial charge is 0.222 e. The zero-order valence-corrected chi connectivity index (χ0v) is 15.1. The van der Waals surface area contributed by atoms with Gasteiger partial charge in [-0.2, -0.15) is 0 Å². The van der Waals surface area contributed by atoms with Crippen LogP contribution in [0.1, 0.15) is 24.3 Å². The van der Waals surface area contributed by atoms with Crippen LogP contribution < -0.4 is 20.1 Å². The Labute approximate surface area is 151 Å². The van der Waals surface area contributed by atoms with E-state index in [1.54, 1.807) is 7.11 Å². The fraction of sp³-hybridized carbons (Fsp3) is 0.333. The lowest BCUT2D eigenvalue weighted by Gasteiger charge is -2.16. The molecule has 2 aromatic rings. The second kappa shape index (κ2) is 9.68. The minimum absolute atomic E-state index is 0.143. The first kappa shape index (κ1) is 18.8. The van der Waals surface area contributed by atoms with Crippen molar-refractivity contribution in [3.63, 3.8) is 0 Å². The largest absolute Gasteiger partial charge is 0.493 e. The molecule has 0 saturated heterocycles. The van der Waals surface area contributed by atoms with Gasteiger partial charge in [0.15, 0.2) is 11.5 Å². The van der Waals surface area contributed by atoms with Crippen molar-refractivity contribution in [1.29, 1.82) is 0 Å². The minimum Gasteiger partial charge on any atom is -0.493 e. The molecule has 0 aliphatic heterocycles.